The smallest absolute Gasteiger partial charge is 0.307 e. The number of carboxylic acids is 1. The fourth-order valence-electron chi connectivity index (χ4n) is 3.50. The van der Waals surface area contributed by atoms with E-state index in [4.69, 9.17) is 4.74 Å². The fourth-order valence-corrected chi connectivity index (χ4v) is 5.09. The number of H-pyrrole nitrogens is 1. The number of aromatic nitrogens is 3. The molecule has 3 heterocycles. The van der Waals surface area contributed by atoms with Gasteiger partial charge in [-0.25, -0.2) is 8.42 Å². The van der Waals surface area contributed by atoms with Gasteiger partial charge in [-0.3, -0.25) is 14.9 Å². The number of aliphatic carboxylic acids is 1. The van der Waals surface area contributed by atoms with Crippen molar-refractivity contribution < 1.29 is 23.1 Å². The molecule has 10 heteroatoms. The molecular weight excluding hydrogens is 420 g/mol. The zero-order valence-electron chi connectivity index (χ0n) is 16.6. The lowest BCUT2D eigenvalue weighted by molar-refractivity contribution is -0.142. The van der Waals surface area contributed by atoms with Crippen LogP contribution in [0.5, 0.6) is 5.75 Å². The number of nitrogens with zero attached hydrogens (tertiary/aromatic N) is 3. The minimum atomic E-state index is -3.77. The van der Waals surface area contributed by atoms with Crippen LogP contribution < -0.4 is 4.74 Å². The number of piperidine rings is 1. The normalized spacial score (nSPS) is 17.4. The van der Waals surface area contributed by atoms with Gasteiger partial charge in [0.15, 0.2) is 0 Å². The highest BCUT2D eigenvalue weighted by Crippen LogP contribution is 2.25. The molecule has 1 aliphatic rings. The standard InChI is InChI=1S/C21H22N4O5S/c26-21(27)16-4-2-10-25(13-16)31(28,29)18-5-1-3-15(11-18)14-30-17-6-7-19(22-12-17)20-8-9-23-24-20/h1,3,5-9,11-12,16H,2,4,10,13-14H2,(H,23,24)(H,26,27)/t16-/m0/s1. The van der Waals surface area contributed by atoms with Crippen molar-refractivity contribution in [2.75, 3.05) is 13.1 Å². The van der Waals surface area contributed by atoms with E-state index in [0.29, 0.717) is 30.7 Å². The number of aromatic amines is 1. The molecule has 1 aromatic carbocycles. The second-order valence-electron chi connectivity index (χ2n) is 7.33. The molecule has 0 bridgehead atoms. The van der Waals surface area contributed by atoms with E-state index in [2.05, 4.69) is 15.2 Å². The second kappa shape index (κ2) is 8.86. The number of ether oxygens (including phenoxy) is 1. The lowest BCUT2D eigenvalue weighted by Gasteiger charge is -2.29. The van der Waals surface area contributed by atoms with E-state index < -0.39 is 21.9 Å². The van der Waals surface area contributed by atoms with Gasteiger partial charge in [-0.15, -0.1) is 0 Å². The zero-order valence-corrected chi connectivity index (χ0v) is 17.5. The maximum absolute atomic E-state index is 13.0. The van der Waals surface area contributed by atoms with E-state index in [1.807, 2.05) is 6.07 Å². The van der Waals surface area contributed by atoms with Gasteiger partial charge in [0.2, 0.25) is 10.0 Å². The van der Waals surface area contributed by atoms with Gasteiger partial charge in [0.05, 0.1) is 28.4 Å². The third-order valence-electron chi connectivity index (χ3n) is 5.19. The van der Waals surface area contributed by atoms with Gasteiger partial charge in [0.25, 0.3) is 0 Å². The van der Waals surface area contributed by atoms with Crippen LogP contribution in [0.2, 0.25) is 0 Å². The van der Waals surface area contributed by atoms with Gasteiger partial charge in [0.1, 0.15) is 12.4 Å². The summed E-state index contributed by atoms with van der Waals surface area (Å²) in [6.45, 7) is 0.486. The van der Waals surface area contributed by atoms with E-state index in [0.717, 1.165) is 11.4 Å². The Bertz CT molecular complexity index is 1150. The number of sulfonamides is 1. The van der Waals surface area contributed by atoms with Crippen LogP contribution in [-0.2, 0) is 21.4 Å². The Kier molecular flexibility index (Phi) is 6.01. The number of benzene rings is 1. The maximum Gasteiger partial charge on any atom is 0.307 e. The molecule has 1 fully saturated rings. The first-order valence-electron chi connectivity index (χ1n) is 9.84. The van der Waals surface area contributed by atoms with Gasteiger partial charge >= 0.3 is 5.97 Å². The van der Waals surface area contributed by atoms with Crippen LogP contribution in [0.4, 0.5) is 0 Å². The maximum atomic E-state index is 13.0. The third kappa shape index (κ3) is 4.75. The summed E-state index contributed by atoms with van der Waals surface area (Å²) in [5, 5.41) is 16.0. The number of nitrogens with one attached hydrogen (secondary N) is 1. The van der Waals surface area contributed by atoms with Crippen molar-refractivity contribution in [3.63, 3.8) is 0 Å². The van der Waals surface area contributed by atoms with E-state index >= 15 is 0 Å². The van der Waals surface area contributed by atoms with Crippen LogP contribution in [-0.4, -0.2) is 52.1 Å². The van der Waals surface area contributed by atoms with Gasteiger partial charge < -0.3 is 9.84 Å². The summed E-state index contributed by atoms with van der Waals surface area (Å²) in [6, 6.07) is 11.9. The van der Waals surface area contributed by atoms with E-state index in [1.165, 1.54) is 10.4 Å². The first-order chi connectivity index (χ1) is 14.9. The van der Waals surface area contributed by atoms with E-state index in [9.17, 15) is 18.3 Å². The molecule has 1 atom stereocenters. The van der Waals surface area contributed by atoms with Crippen LogP contribution in [0, 0.1) is 5.92 Å². The average Bonchev–Trinajstić information content (AvgIpc) is 3.33. The lowest BCUT2D eigenvalue weighted by Crippen LogP contribution is -2.42. The van der Waals surface area contributed by atoms with Crippen molar-refractivity contribution in [3.05, 3.63) is 60.4 Å². The molecular formula is C21H22N4O5S. The van der Waals surface area contributed by atoms with Crippen LogP contribution >= 0.6 is 0 Å². The summed E-state index contributed by atoms with van der Waals surface area (Å²) in [7, 11) is -3.77. The van der Waals surface area contributed by atoms with Gasteiger partial charge in [0, 0.05) is 19.3 Å². The van der Waals surface area contributed by atoms with Crippen LogP contribution in [0.25, 0.3) is 11.4 Å². The predicted molar refractivity (Wildman–Crippen MR) is 112 cm³/mol. The van der Waals surface area contributed by atoms with Crippen molar-refractivity contribution in [2.24, 2.45) is 5.92 Å². The summed E-state index contributed by atoms with van der Waals surface area (Å²) in [6.07, 6.45) is 4.26. The molecule has 2 aromatic heterocycles. The minimum absolute atomic E-state index is 0.00720. The number of carboxylic acid groups (broad SMARTS) is 1. The second-order valence-corrected chi connectivity index (χ2v) is 9.26. The topological polar surface area (TPSA) is 125 Å². The summed E-state index contributed by atoms with van der Waals surface area (Å²) in [5.41, 5.74) is 2.22. The molecule has 0 unspecified atom stereocenters. The Morgan fingerprint density at radius 1 is 1.26 bits per heavy atom. The minimum Gasteiger partial charge on any atom is -0.487 e. The number of hydrogen-bond donors (Lipinski definition) is 2. The van der Waals surface area contributed by atoms with Crippen LogP contribution in [0.3, 0.4) is 0 Å². The van der Waals surface area contributed by atoms with Crippen molar-refractivity contribution in [2.45, 2.75) is 24.3 Å². The van der Waals surface area contributed by atoms with Crippen molar-refractivity contribution in [1.82, 2.24) is 19.5 Å². The number of rotatable bonds is 7. The molecule has 3 aromatic rings. The van der Waals surface area contributed by atoms with E-state index in [1.54, 1.807) is 42.7 Å². The molecule has 1 aliphatic heterocycles. The summed E-state index contributed by atoms with van der Waals surface area (Å²) < 4.78 is 33.0. The summed E-state index contributed by atoms with van der Waals surface area (Å²) in [4.78, 5) is 15.7. The highest BCUT2D eigenvalue weighted by atomic mass is 32.2. The molecule has 2 N–H and O–H groups in total. The Balaban J connectivity index is 1.44. The molecule has 31 heavy (non-hydrogen) atoms. The molecule has 9 nitrogen and oxygen atoms in total. The number of carbonyl (C=O) groups is 1. The first kappa shape index (κ1) is 21.0. The molecule has 0 radical (unpaired) electrons. The Labute approximate surface area is 179 Å². The molecule has 4 rings (SSSR count). The average molecular weight is 442 g/mol. The highest BCUT2D eigenvalue weighted by molar-refractivity contribution is 7.89. The Morgan fingerprint density at radius 2 is 2.13 bits per heavy atom. The highest BCUT2D eigenvalue weighted by Gasteiger charge is 2.33. The molecule has 0 aliphatic carbocycles. The van der Waals surface area contributed by atoms with Gasteiger partial charge in [-0.1, -0.05) is 12.1 Å². The predicted octanol–water partition coefficient (Wildman–Crippen LogP) is 2.54. The van der Waals surface area contributed by atoms with Crippen LogP contribution in [0.15, 0.2) is 59.8 Å². The van der Waals surface area contributed by atoms with Crippen LogP contribution in [0.1, 0.15) is 18.4 Å². The molecule has 1 saturated heterocycles. The fraction of sp³-hybridized carbons (Fsp3) is 0.286. The monoisotopic (exact) mass is 442 g/mol. The van der Waals surface area contributed by atoms with Crippen molar-refractivity contribution in [1.29, 1.82) is 0 Å². The molecule has 0 amide bonds. The van der Waals surface area contributed by atoms with Gasteiger partial charge in [-0.05, 0) is 48.7 Å². The largest absolute Gasteiger partial charge is 0.487 e. The number of hydrogen-bond acceptors (Lipinski definition) is 6. The SMILES string of the molecule is O=C(O)[C@H]1CCCN(S(=O)(=O)c2cccc(COc3ccc(-c4ccn[nH]4)nc3)c2)C1. The van der Waals surface area contributed by atoms with E-state index in [-0.39, 0.29) is 18.0 Å². The quantitative estimate of drug-likeness (QED) is 0.576. The zero-order chi connectivity index (χ0) is 21.8. The van der Waals surface area contributed by atoms with Crippen molar-refractivity contribution in [3.8, 4) is 17.1 Å². The van der Waals surface area contributed by atoms with Crippen molar-refractivity contribution >= 4 is 16.0 Å². The lowest BCUT2D eigenvalue weighted by atomic mass is 10.0. The Morgan fingerprint density at radius 3 is 2.84 bits per heavy atom. The van der Waals surface area contributed by atoms with Gasteiger partial charge in [-0.2, -0.15) is 9.40 Å². The molecule has 162 valence electrons. The summed E-state index contributed by atoms with van der Waals surface area (Å²) >= 11 is 0. The third-order valence-corrected chi connectivity index (χ3v) is 7.05. The first-order valence-corrected chi connectivity index (χ1v) is 11.3. The number of pyridine rings is 1. The Hall–Kier alpha value is -3.24. The molecule has 0 saturated carbocycles. The summed E-state index contributed by atoms with van der Waals surface area (Å²) in [5.74, 6) is -1.08. The molecule has 0 spiro atoms.